The highest BCUT2D eigenvalue weighted by Crippen LogP contribution is 2.26. The Bertz CT molecular complexity index is 499. The van der Waals surface area contributed by atoms with Gasteiger partial charge in [-0.15, -0.1) is 12.4 Å². The van der Waals surface area contributed by atoms with E-state index in [4.69, 9.17) is 23.2 Å². The maximum atomic E-state index is 12.1. The van der Waals surface area contributed by atoms with Crippen LogP contribution in [0.2, 0.25) is 10.0 Å². The standard InChI is InChI=1S/C14H18Cl2N2O2.ClH/c1-8(9-2-3-11(15)12(16)4-9)14(20)18-6-10-5-17-7-13(10)19;/h2-4,8,10,13,17,19H,5-7H2,1H3,(H,18,20);1H. The molecule has 0 spiro atoms. The van der Waals surface area contributed by atoms with Gasteiger partial charge in [-0.05, 0) is 24.6 Å². The van der Waals surface area contributed by atoms with Crippen LogP contribution in [0, 0.1) is 5.92 Å². The summed E-state index contributed by atoms with van der Waals surface area (Å²) in [6, 6.07) is 5.19. The Morgan fingerprint density at radius 2 is 2.14 bits per heavy atom. The SMILES string of the molecule is CC(C(=O)NCC1CNCC1O)c1ccc(Cl)c(Cl)c1.Cl. The lowest BCUT2D eigenvalue weighted by molar-refractivity contribution is -0.122. The maximum absolute atomic E-state index is 12.1. The van der Waals surface area contributed by atoms with Crippen molar-refractivity contribution in [2.24, 2.45) is 5.92 Å². The fourth-order valence-electron chi connectivity index (χ4n) is 2.25. The molecule has 118 valence electrons. The smallest absolute Gasteiger partial charge is 0.227 e. The largest absolute Gasteiger partial charge is 0.391 e. The summed E-state index contributed by atoms with van der Waals surface area (Å²) in [6.07, 6.45) is -0.393. The predicted molar refractivity (Wildman–Crippen MR) is 87.5 cm³/mol. The third kappa shape index (κ3) is 4.73. The highest BCUT2D eigenvalue weighted by molar-refractivity contribution is 6.42. The zero-order chi connectivity index (χ0) is 14.7. The quantitative estimate of drug-likeness (QED) is 0.778. The molecule has 1 fully saturated rings. The number of hydrogen-bond donors (Lipinski definition) is 3. The average molecular weight is 354 g/mol. The number of nitrogens with one attached hydrogen (secondary N) is 2. The van der Waals surface area contributed by atoms with Gasteiger partial charge in [-0.3, -0.25) is 4.79 Å². The van der Waals surface area contributed by atoms with Gasteiger partial charge in [-0.1, -0.05) is 29.3 Å². The molecule has 3 atom stereocenters. The van der Waals surface area contributed by atoms with Crippen LogP contribution >= 0.6 is 35.6 Å². The van der Waals surface area contributed by atoms with Crippen molar-refractivity contribution in [3.05, 3.63) is 33.8 Å². The first-order valence-corrected chi connectivity index (χ1v) is 7.36. The second kappa shape index (κ2) is 8.20. The molecule has 0 aromatic heterocycles. The van der Waals surface area contributed by atoms with Crippen LogP contribution in [0.4, 0.5) is 0 Å². The van der Waals surface area contributed by atoms with E-state index in [0.717, 1.165) is 12.1 Å². The first-order chi connectivity index (χ1) is 9.49. The third-order valence-electron chi connectivity index (χ3n) is 3.68. The van der Waals surface area contributed by atoms with E-state index in [-0.39, 0.29) is 30.2 Å². The van der Waals surface area contributed by atoms with E-state index in [1.54, 1.807) is 18.2 Å². The highest BCUT2D eigenvalue weighted by atomic mass is 35.5. The summed E-state index contributed by atoms with van der Waals surface area (Å²) >= 11 is 11.8. The molecule has 4 nitrogen and oxygen atoms in total. The normalized spacial score (nSPS) is 22.5. The van der Waals surface area contributed by atoms with Gasteiger partial charge in [0.25, 0.3) is 0 Å². The molecule has 1 amide bonds. The highest BCUT2D eigenvalue weighted by Gasteiger charge is 2.26. The molecular weight excluding hydrogens is 335 g/mol. The monoisotopic (exact) mass is 352 g/mol. The topological polar surface area (TPSA) is 61.4 Å². The van der Waals surface area contributed by atoms with Gasteiger partial charge in [0.1, 0.15) is 0 Å². The third-order valence-corrected chi connectivity index (χ3v) is 4.42. The molecule has 2 rings (SSSR count). The Hall–Kier alpha value is -0.520. The predicted octanol–water partition coefficient (Wildman–Crippen LogP) is 2.22. The van der Waals surface area contributed by atoms with E-state index in [0.29, 0.717) is 23.1 Å². The molecule has 1 aromatic carbocycles. The number of amides is 1. The van der Waals surface area contributed by atoms with Gasteiger partial charge in [0.05, 0.1) is 22.1 Å². The second-order valence-electron chi connectivity index (χ2n) is 5.13. The van der Waals surface area contributed by atoms with Crippen LogP contribution in [0.1, 0.15) is 18.4 Å². The number of halogens is 3. The lowest BCUT2D eigenvalue weighted by Gasteiger charge is -2.17. The first-order valence-electron chi connectivity index (χ1n) is 6.60. The van der Waals surface area contributed by atoms with Crippen molar-refractivity contribution < 1.29 is 9.90 Å². The molecule has 1 aromatic rings. The van der Waals surface area contributed by atoms with E-state index in [1.165, 1.54) is 0 Å². The summed E-state index contributed by atoms with van der Waals surface area (Å²) in [5, 5.41) is 16.6. The Kier molecular flexibility index (Phi) is 7.24. The lowest BCUT2D eigenvalue weighted by Crippen LogP contribution is -2.36. The van der Waals surface area contributed by atoms with Crippen molar-refractivity contribution in [3.63, 3.8) is 0 Å². The number of rotatable bonds is 4. The minimum Gasteiger partial charge on any atom is -0.391 e. The van der Waals surface area contributed by atoms with Crippen molar-refractivity contribution in [1.29, 1.82) is 0 Å². The lowest BCUT2D eigenvalue weighted by atomic mass is 9.99. The van der Waals surface area contributed by atoms with Crippen molar-refractivity contribution in [2.45, 2.75) is 18.9 Å². The first kappa shape index (κ1) is 18.5. The molecular formula is C14H19Cl3N2O2. The Morgan fingerprint density at radius 3 is 2.71 bits per heavy atom. The van der Waals surface area contributed by atoms with Gasteiger partial charge in [-0.2, -0.15) is 0 Å². The van der Waals surface area contributed by atoms with Gasteiger partial charge in [-0.25, -0.2) is 0 Å². The molecule has 0 aliphatic carbocycles. The van der Waals surface area contributed by atoms with Crippen LogP contribution in [-0.4, -0.2) is 36.8 Å². The zero-order valence-corrected chi connectivity index (χ0v) is 13.9. The molecule has 1 aliphatic heterocycles. The van der Waals surface area contributed by atoms with E-state index >= 15 is 0 Å². The van der Waals surface area contributed by atoms with Crippen molar-refractivity contribution in [2.75, 3.05) is 19.6 Å². The molecule has 1 heterocycles. The van der Waals surface area contributed by atoms with Crippen LogP contribution in [0.5, 0.6) is 0 Å². The zero-order valence-electron chi connectivity index (χ0n) is 11.6. The molecule has 21 heavy (non-hydrogen) atoms. The van der Waals surface area contributed by atoms with Gasteiger partial charge in [0, 0.05) is 25.6 Å². The van der Waals surface area contributed by atoms with Gasteiger partial charge >= 0.3 is 0 Å². The number of carbonyl (C=O) groups is 1. The van der Waals surface area contributed by atoms with Crippen LogP contribution < -0.4 is 10.6 Å². The molecule has 0 saturated carbocycles. The molecule has 1 aliphatic rings. The van der Waals surface area contributed by atoms with E-state index in [2.05, 4.69) is 10.6 Å². The molecule has 3 N–H and O–H groups in total. The maximum Gasteiger partial charge on any atom is 0.227 e. The summed E-state index contributed by atoms with van der Waals surface area (Å²) in [6.45, 7) is 3.60. The van der Waals surface area contributed by atoms with Crippen molar-refractivity contribution >= 4 is 41.5 Å². The number of β-amino-alcohol motifs (C(OH)–C–C–N with tert-alkyl or cyclic N) is 1. The number of benzene rings is 1. The molecule has 7 heteroatoms. The number of aliphatic hydroxyl groups excluding tert-OH is 1. The Morgan fingerprint density at radius 1 is 1.43 bits per heavy atom. The minimum absolute atomic E-state index is 0. The Balaban J connectivity index is 0.00000220. The van der Waals surface area contributed by atoms with Crippen molar-refractivity contribution in [1.82, 2.24) is 10.6 Å². The van der Waals surface area contributed by atoms with Gasteiger partial charge in [0.2, 0.25) is 5.91 Å². The summed E-state index contributed by atoms with van der Waals surface area (Å²) in [5.41, 5.74) is 0.821. The number of carbonyl (C=O) groups excluding carboxylic acids is 1. The number of hydrogen-bond acceptors (Lipinski definition) is 3. The summed E-state index contributed by atoms with van der Waals surface area (Å²) in [4.78, 5) is 12.1. The van der Waals surface area contributed by atoms with E-state index in [1.807, 2.05) is 6.92 Å². The van der Waals surface area contributed by atoms with E-state index in [9.17, 15) is 9.90 Å². The summed E-state index contributed by atoms with van der Waals surface area (Å²) < 4.78 is 0. The van der Waals surface area contributed by atoms with Crippen LogP contribution in [0.25, 0.3) is 0 Å². The van der Waals surface area contributed by atoms with E-state index < -0.39 is 6.10 Å². The molecule has 0 bridgehead atoms. The van der Waals surface area contributed by atoms with Crippen LogP contribution in [-0.2, 0) is 4.79 Å². The summed E-state index contributed by atoms with van der Waals surface area (Å²) in [7, 11) is 0. The second-order valence-corrected chi connectivity index (χ2v) is 5.94. The number of aliphatic hydroxyl groups is 1. The van der Waals surface area contributed by atoms with Crippen LogP contribution in [0.15, 0.2) is 18.2 Å². The Labute approximate surface area is 140 Å². The molecule has 1 saturated heterocycles. The summed E-state index contributed by atoms with van der Waals surface area (Å²) in [5.74, 6) is -0.321. The fraction of sp³-hybridized carbons (Fsp3) is 0.500. The average Bonchev–Trinajstić information content (AvgIpc) is 2.84. The molecule has 0 radical (unpaired) electrons. The van der Waals surface area contributed by atoms with Gasteiger partial charge in [0.15, 0.2) is 0 Å². The minimum atomic E-state index is -0.393. The van der Waals surface area contributed by atoms with Crippen LogP contribution in [0.3, 0.4) is 0 Å². The molecule has 3 unspecified atom stereocenters. The van der Waals surface area contributed by atoms with Gasteiger partial charge < -0.3 is 15.7 Å². The fourth-order valence-corrected chi connectivity index (χ4v) is 2.55. The van der Waals surface area contributed by atoms with Crippen molar-refractivity contribution in [3.8, 4) is 0 Å².